The van der Waals surface area contributed by atoms with Crippen LogP contribution >= 0.6 is 0 Å². The van der Waals surface area contributed by atoms with E-state index in [0.717, 1.165) is 13.1 Å². The van der Waals surface area contributed by atoms with Crippen LogP contribution in [-0.4, -0.2) is 40.7 Å². The van der Waals surface area contributed by atoms with E-state index in [-0.39, 0.29) is 11.1 Å². The molecule has 1 aromatic heterocycles. The molecule has 16 heavy (non-hydrogen) atoms. The molecule has 0 spiro atoms. The van der Waals surface area contributed by atoms with Gasteiger partial charge in [-0.05, 0) is 19.7 Å². The molecular weight excluding hydrogens is 208 g/mol. The first-order valence-electron chi connectivity index (χ1n) is 5.17. The lowest BCUT2D eigenvalue weighted by Gasteiger charge is -2.14. The Bertz CT molecular complexity index is 425. The predicted octanol–water partition coefficient (Wildman–Crippen LogP) is 0.498. The fraction of sp³-hybridized carbons (Fsp3) is 0.455. The van der Waals surface area contributed by atoms with Crippen molar-refractivity contribution in [2.75, 3.05) is 20.1 Å². The van der Waals surface area contributed by atoms with Crippen molar-refractivity contribution in [3.8, 4) is 0 Å². The van der Waals surface area contributed by atoms with Crippen LogP contribution in [0.4, 0.5) is 0 Å². The third-order valence-corrected chi connectivity index (χ3v) is 2.49. The van der Waals surface area contributed by atoms with Crippen molar-refractivity contribution < 1.29 is 9.90 Å². The van der Waals surface area contributed by atoms with E-state index in [2.05, 4.69) is 4.90 Å². The summed E-state index contributed by atoms with van der Waals surface area (Å²) in [5, 5.41) is 8.80. The van der Waals surface area contributed by atoms with Gasteiger partial charge in [0.2, 0.25) is 0 Å². The van der Waals surface area contributed by atoms with Crippen LogP contribution in [-0.2, 0) is 6.54 Å². The molecule has 0 aliphatic rings. The van der Waals surface area contributed by atoms with Crippen LogP contribution in [0.15, 0.2) is 23.1 Å². The van der Waals surface area contributed by atoms with Gasteiger partial charge in [-0.1, -0.05) is 6.92 Å². The Morgan fingerprint density at radius 2 is 2.19 bits per heavy atom. The number of hydrogen-bond donors (Lipinski definition) is 1. The van der Waals surface area contributed by atoms with Crippen LogP contribution < -0.4 is 5.56 Å². The SMILES string of the molecule is CCN(C)CCn1cc(C(=O)O)ccc1=O. The summed E-state index contributed by atoms with van der Waals surface area (Å²) in [6.45, 7) is 4.15. The molecule has 0 aromatic carbocycles. The largest absolute Gasteiger partial charge is 0.478 e. The molecule has 0 saturated carbocycles. The zero-order valence-electron chi connectivity index (χ0n) is 9.51. The molecule has 0 fully saturated rings. The number of nitrogens with zero attached hydrogens (tertiary/aromatic N) is 2. The van der Waals surface area contributed by atoms with Gasteiger partial charge in [0, 0.05) is 25.4 Å². The van der Waals surface area contributed by atoms with Gasteiger partial charge in [-0.15, -0.1) is 0 Å². The fourth-order valence-electron chi connectivity index (χ4n) is 1.27. The molecule has 88 valence electrons. The van der Waals surface area contributed by atoms with Gasteiger partial charge in [-0.2, -0.15) is 0 Å². The topological polar surface area (TPSA) is 62.5 Å². The minimum Gasteiger partial charge on any atom is -0.478 e. The smallest absolute Gasteiger partial charge is 0.337 e. The highest BCUT2D eigenvalue weighted by Crippen LogP contribution is 1.96. The van der Waals surface area contributed by atoms with E-state index in [9.17, 15) is 9.59 Å². The zero-order valence-corrected chi connectivity index (χ0v) is 9.51. The summed E-state index contributed by atoms with van der Waals surface area (Å²) in [5.74, 6) is -1.02. The second-order valence-electron chi connectivity index (χ2n) is 3.65. The molecule has 0 bridgehead atoms. The Balaban J connectivity index is 2.82. The molecule has 5 nitrogen and oxygen atoms in total. The van der Waals surface area contributed by atoms with Gasteiger partial charge in [0.15, 0.2) is 0 Å². The normalized spacial score (nSPS) is 10.7. The van der Waals surface area contributed by atoms with Crippen molar-refractivity contribution in [1.82, 2.24) is 9.47 Å². The van der Waals surface area contributed by atoms with Gasteiger partial charge < -0.3 is 14.6 Å². The second-order valence-corrected chi connectivity index (χ2v) is 3.65. The number of carboxylic acids is 1. The molecule has 1 rings (SSSR count). The lowest BCUT2D eigenvalue weighted by molar-refractivity contribution is 0.0695. The van der Waals surface area contributed by atoms with Crippen LogP contribution in [0.5, 0.6) is 0 Å². The molecular formula is C11H16N2O3. The van der Waals surface area contributed by atoms with Gasteiger partial charge in [-0.3, -0.25) is 4.79 Å². The van der Waals surface area contributed by atoms with Crippen molar-refractivity contribution in [3.63, 3.8) is 0 Å². The van der Waals surface area contributed by atoms with Gasteiger partial charge in [0.1, 0.15) is 0 Å². The Hall–Kier alpha value is -1.62. The van der Waals surface area contributed by atoms with E-state index < -0.39 is 5.97 Å². The number of carboxylic acid groups (broad SMARTS) is 1. The number of pyridine rings is 1. The minimum atomic E-state index is -1.02. The maximum absolute atomic E-state index is 11.4. The molecule has 1 N–H and O–H groups in total. The average molecular weight is 224 g/mol. The van der Waals surface area contributed by atoms with E-state index in [4.69, 9.17) is 5.11 Å². The summed E-state index contributed by atoms with van der Waals surface area (Å²) in [6.07, 6.45) is 1.38. The van der Waals surface area contributed by atoms with Crippen LogP contribution in [0.3, 0.4) is 0 Å². The third-order valence-electron chi connectivity index (χ3n) is 2.49. The van der Waals surface area contributed by atoms with Crippen molar-refractivity contribution in [3.05, 3.63) is 34.2 Å². The average Bonchev–Trinajstić information content (AvgIpc) is 2.27. The van der Waals surface area contributed by atoms with E-state index in [1.54, 1.807) is 0 Å². The molecule has 1 aromatic rings. The van der Waals surface area contributed by atoms with Crippen molar-refractivity contribution in [2.24, 2.45) is 0 Å². The highest BCUT2D eigenvalue weighted by molar-refractivity contribution is 5.87. The first kappa shape index (κ1) is 12.4. The van der Waals surface area contributed by atoms with Gasteiger partial charge in [0.25, 0.3) is 5.56 Å². The first-order chi connectivity index (χ1) is 7.54. The maximum atomic E-state index is 11.4. The van der Waals surface area contributed by atoms with Gasteiger partial charge in [-0.25, -0.2) is 4.79 Å². The third kappa shape index (κ3) is 3.20. The van der Waals surface area contributed by atoms with E-state index in [1.165, 1.54) is 22.9 Å². The first-order valence-corrected chi connectivity index (χ1v) is 5.17. The molecule has 1 heterocycles. The highest BCUT2D eigenvalue weighted by atomic mass is 16.4. The number of hydrogen-bond acceptors (Lipinski definition) is 3. The Morgan fingerprint density at radius 3 is 2.75 bits per heavy atom. The second kappa shape index (κ2) is 5.46. The summed E-state index contributed by atoms with van der Waals surface area (Å²) >= 11 is 0. The van der Waals surface area contributed by atoms with Crippen LogP contribution in [0, 0.1) is 0 Å². The monoisotopic (exact) mass is 224 g/mol. The Morgan fingerprint density at radius 1 is 1.50 bits per heavy atom. The summed E-state index contributed by atoms with van der Waals surface area (Å²) in [5.41, 5.74) is -0.0340. The summed E-state index contributed by atoms with van der Waals surface area (Å²) < 4.78 is 1.43. The molecule has 0 amide bonds. The number of aromatic carboxylic acids is 1. The molecule has 0 unspecified atom stereocenters. The van der Waals surface area contributed by atoms with E-state index in [1.807, 2.05) is 14.0 Å². The molecule has 0 atom stereocenters. The zero-order chi connectivity index (χ0) is 12.1. The van der Waals surface area contributed by atoms with Crippen LogP contribution in [0.1, 0.15) is 17.3 Å². The van der Waals surface area contributed by atoms with Gasteiger partial charge in [0.05, 0.1) is 5.56 Å². The summed E-state index contributed by atoms with van der Waals surface area (Å²) in [4.78, 5) is 24.2. The van der Waals surface area contributed by atoms with Crippen molar-refractivity contribution in [2.45, 2.75) is 13.5 Å². The molecule has 0 aliphatic carbocycles. The molecule has 0 saturated heterocycles. The molecule has 5 heteroatoms. The van der Waals surface area contributed by atoms with Crippen LogP contribution in [0.2, 0.25) is 0 Å². The number of aromatic nitrogens is 1. The summed E-state index contributed by atoms with van der Waals surface area (Å²) in [7, 11) is 1.95. The van der Waals surface area contributed by atoms with Gasteiger partial charge >= 0.3 is 5.97 Å². The maximum Gasteiger partial charge on any atom is 0.337 e. The van der Waals surface area contributed by atoms with E-state index >= 15 is 0 Å². The quantitative estimate of drug-likeness (QED) is 0.791. The number of likely N-dealkylation sites (N-methyl/N-ethyl adjacent to an activating group) is 1. The Labute approximate surface area is 93.9 Å². The predicted molar refractivity (Wildman–Crippen MR) is 60.8 cm³/mol. The minimum absolute atomic E-state index is 0.138. The van der Waals surface area contributed by atoms with Crippen LogP contribution in [0.25, 0.3) is 0 Å². The fourth-order valence-corrected chi connectivity index (χ4v) is 1.27. The van der Waals surface area contributed by atoms with Crippen molar-refractivity contribution >= 4 is 5.97 Å². The lowest BCUT2D eigenvalue weighted by Crippen LogP contribution is -2.28. The summed E-state index contributed by atoms with van der Waals surface area (Å²) in [6, 6.07) is 2.61. The number of rotatable bonds is 5. The molecule has 0 radical (unpaired) electrons. The van der Waals surface area contributed by atoms with E-state index in [0.29, 0.717) is 6.54 Å². The van der Waals surface area contributed by atoms with Crippen molar-refractivity contribution in [1.29, 1.82) is 0 Å². The highest BCUT2D eigenvalue weighted by Gasteiger charge is 2.05. The lowest BCUT2D eigenvalue weighted by atomic mass is 10.3. The number of carbonyl (C=O) groups is 1. The standard InChI is InChI=1S/C11H16N2O3/c1-3-12(2)6-7-13-8-9(11(15)16)4-5-10(13)14/h4-5,8H,3,6-7H2,1-2H3,(H,15,16). The Kier molecular flexibility index (Phi) is 4.25. The molecule has 0 aliphatic heterocycles.